The first kappa shape index (κ1) is 91.1. The van der Waals surface area contributed by atoms with Crippen molar-refractivity contribution in [3.63, 3.8) is 0 Å². The molecule has 0 aromatic rings. The third-order valence-corrected chi connectivity index (χ3v) is 20.1. The Morgan fingerprint density at radius 3 is 0.763 bits per heavy atom. The molecule has 0 amide bonds. The first-order chi connectivity index (χ1) is 44.8. The molecule has 0 heterocycles. The molecule has 8 atom stereocenters. The number of aliphatic hydroxyl groups is 1. The van der Waals surface area contributed by atoms with Gasteiger partial charge in [0.25, 0.3) is 0 Å². The van der Waals surface area contributed by atoms with Crippen molar-refractivity contribution < 1.29 is 80.2 Å². The van der Waals surface area contributed by atoms with Crippen LogP contribution in [0.3, 0.4) is 0 Å². The number of carbonyl (C=O) groups is 4. The first-order valence-electron chi connectivity index (χ1n) is 38.5. The van der Waals surface area contributed by atoms with Gasteiger partial charge in [-0.25, -0.2) is 9.13 Å². The Labute approximate surface area is 568 Å². The molecule has 552 valence electrons. The van der Waals surface area contributed by atoms with Gasteiger partial charge >= 0.3 is 39.5 Å². The molecule has 0 rings (SSSR count). The summed E-state index contributed by atoms with van der Waals surface area (Å²) in [4.78, 5) is 72.5. The monoisotopic (exact) mass is 1370 g/mol. The number of rotatable bonds is 72. The molecule has 3 N–H and O–H groups in total. The average Bonchev–Trinajstić information content (AvgIpc) is 2.80. The Hall–Kier alpha value is -1.94. The minimum absolute atomic E-state index is 0.102. The molecule has 0 bridgehead atoms. The van der Waals surface area contributed by atoms with Crippen molar-refractivity contribution in [1.29, 1.82) is 0 Å². The Bertz CT molecular complexity index is 1820. The molecular weight excluding hydrogens is 1220 g/mol. The molecule has 0 spiro atoms. The van der Waals surface area contributed by atoms with Crippen LogP contribution in [0.15, 0.2) is 0 Å². The lowest BCUT2D eigenvalue weighted by Crippen LogP contribution is -2.30. The van der Waals surface area contributed by atoms with Crippen LogP contribution in [0.1, 0.15) is 376 Å². The van der Waals surface area contributed by atoms with Crippen LogP contribution in [0, 0.1) is 17.8 Å². The van der Waals surface area contributed by atoms with Crippen molar-refractivity contribution in [3.05, 3.63) is 0 Å². The fourth-order valence-electron chi connectivity index (χ4n) is 11.2. The second-order valence-corrected chi connectivity index (χ2v) is 30.3. The molecule has 5 unspecified atom stereocenters. The predicted molar refractivity (Wildman–Crippen MR) is 377 cm³/mol. The summed E-state index contributed by atoms with van der Waals surface area (Å²) in [6.07, 6.45) is 50.1. The molecule has 0 aromatic heterocycles. The van der Waals surface area contributed by atoms with Crippen LogP contribution in [0.25, 0.3) is 0 Å². The summed E-state index contributed by atoms with van der Waals surface area (Å²) in [7, 11) is -9.90. The smallest absolute Gasteiger partial charge is 0.462 e. The minimum Gasteiger partial charge on any atom is -0.462 e. The van der Waals surface area contributed by atoms with E-state index in [-0.39, 0.29) is 25.7 Å². The zero-order valence-corrected chi connectivity index (χ0v) is 62.5. The molecule has 17 nitrogen and oxygen atoms in total. The highest BCUT2D eigenvalue weighted by molar-refractivity contribution is 7.47. The van der Waals surface area contributed by atoms with Gasteiger partial charge in [-0.05, 0) is 43.4 Å². The normalized spacial score (nSPS) is 15.0. The van der Waals surface area contributed by atoms with Crippen LogP contribution in [0.5, 0.6) is 0 Å². The Morgan fingerprint density at radius 1 is 0.301 bits per heavy atom. The molecule has 0 aromatic carbocycles. The molecule has 0 fully saturated rings. The number of ether oxygens (including phenoxy) is 4. The summed E-state index contributed by atoms with van der Waals surface area (Å²) in [5, 5.41) is 10.6. The van der Waals surface area contributed by atoms with Crippen LogP contribution in [0.2, 0.25) is 0 Å². The highest BCUT2D eigenvalue weighted by Crippen LogP contribution is 2.45. The van der Waals surface area contributed by atoms with E-state index in [1.54, 1.807) is 0 Å². The second-order valence-electron chi connectivity index (χ2n) is 27.4. The van der Waals surface area contributed by atoms with Crippen LogP contribution >= 0.6 is 15.6 Å². The van der Waals surface area contributed by atoms with E-state index in [0.717, 1.165) is 120 Å². The Balaban J connectivity index is 5.19. The fourth-order valence-corrected chi connectivity index (χ4v) is 12.7. The minimum atomic E-state index is -4.96. The van der Waals surface area contributed by atoms with E-state index >= 15 is 0 Å². The third kappa shape index (κ3) is 64.5. The number of hydrogen-bond acceptors (Lipinski definition) is 15. The quantitative estimate of drug-likeness (QED) is 0.0222. The maximum atomic E-state index is 13.1. The standard InChI is InChI=1S/C74H144O17P2/c1-8-12-13-14-31-41-48-55-71(76)84-61-70(91-74(79)58-51-44-37-36-40-47-54-67(7)11-4)64-89-93(82,83)87-60-68(75)59-86-92(80,81)88-63-69(90-73(78)57-50-43-35-30-26-22-18-16-20-24-28-33-39-46-53-66(6)10-3)62-85-72(77)56-49-42-34-29-25-21-17-15-19-23-27-32-38-45-52-65(5)9-2/h65-70,75H,8-64H2,1-7H3,(H,80,81)(H,82,83)/t65?,66?,67?,68-,69-,70-/m1/s1. The Kier molecular flexibility index (Phi) is 63.4. The number of phosphoric acid groups is 2. The van der Waals surface area contributed by atoms with E-state index in [0.29, 0.717) is 25.7 Å². The van der Waals surface area contributed by atoms with Gasteiger partial charge in [-0.2, -0.15) is 0 Å². The van der Waals surface area contributed by atoms with Crippen molar-refractivity contribution in [3.8, 4) is 0 Å². The molecule has 0 saturated carbocycles. The summed E-state index contributed by atoms with van der Waals surface area (Å²) >= 11 is 0. The molecule has 0 aliphatic carbocycles. The number of carbonyl (C=O) groups excluding carboxylic acids is 4. The fraction of sp³-hybridized carbons (Fsp3) is 0.946. The lowest BCUT2D eigenvalue weighted by molar-refractivity contribution is -0.161. The molecule has 0 radical (unpaired) electrons. The largest absolute Gasteiger partial charge is 0.472 e. The van der Waals surface area contributed by atoms with Gasteiger partial charge in [0.05, 0.1) is 26.4 Å². The van der Waals surface area contributed by atoms with Gasteiger partial charge in [-0.1, -0.05) is 325 Å². The summed E-state index contributed by atoms with van der Waals surface area (Å²) < 4.78 is 68.3. The molecule has 19 heteroatoms. The highest BCUT2D eigenvalue weighted by Gasteiger charge is 2.30. The van der Waals surface area contributed by atoms with Crippen molar-refractivity contribution in [2.75, 3.05) is 39.6 Å². The summed E-state index contributed by atoms with van der Waals surface area (Å²) in [5.41, 5.74) is 0. The highest BCUT2D eigenvalue weighted by atomic mass is 31.2. The number of phosphoric ester groups is 2. The van der Waals surface area contributed by atoms with E-state index in [9.17, 15) is 43.2 Å². The molecule has 93 heavy (non-hydrogen) atoms. The maximum absolute atomic E-state index is 13.1. The SMILES string of the molecule is CCCCCCCCCC(=O)OC[C@H](COP(=O)(O)OC[C@H](O)COP(=O)(O)OC[C@@H](COC(=O)CCCCCCCCCCCCCCCCC(C)CC)OC(=O)CCCCCCCCCCCCCCCCC(C)CC)OC(=O)CCCCCCCCC(C)CC. The first-order valence-corrected chi connectivity index (χ1v) is 41.5. The summed E-state index contributed by atoms with van der Waals surface area (Å²) in [6.45, 7) is 11.9. The number of aliphatic hydroxyl groups excluding tert-OH is 1. The lowest BCUT2D eigenvalue weighted by atomic mass is 9.99. The van der Waals surface area contributed by atoms with E-state index < -0.39 is 97.5 Å². The lowest BCUT2D eigenvalue weighted by Gasteiger charge is -2.21. The van der Waals surface area contributed by atoms with Crippen molar-refractivity contribution in [1.82, 2.24) is 0 Å². The van der Waals surface area contributed by atoms with E-state index in [4.69, 9.17) is 37.0 Å². The number of unbranched alkanes of at least 4 members (excludes halogenated alkanes) is 37. The van der Waals surface area contributed by atoms with E-state index in [2.05, 4.69) is 48.5 Å². The van der Waals surface area contributed by atoms with Crippen molar-refractivity contribution in [2.45, 2.75) is 394 Å². The van der Waals surface area contributed by atoms with Gasteiger partial charge in [-0.3, -0.25) is 37.3 Å². The van der Waals surface area contributed by atoms with Gasteiger partial charge in [-0.15, -0.1) is 0 Å². The van der Waals surface area contributed by atoms with E-state index in [1.165, 1.54) is 173 Å². The number of esters is 4. The third-order valence-electron chi connectivity index (χ3n) is 18.2. The molecule has 0 aliphatic heterocycles. The Morgan fingerprint density at radius 2 is 0.516 bits per heavy atom. The zero-order chi connectivity index (χ0) is 68.7. The van der Waals surface area contributed by atoms with Gasteiger partial charge in [0.15, 0.2) is 12.2 Å². The summed E-state index contributed by atoms with van der Waals surface area (Å²) in [5.74, 6) is 0.288. The van der Waals surface area contributed by atoms with Gasteiger partial charge in [0, 0.05) is 25.7 Å². The summed E-state index contributed by atoms with van der Waals surface area (Å²) in [6, 6.07) is 0. The van der Waals surface area contributed by atoms with E-state index in [1.807, 2.05) is 0 Å². The molecule has 0 saturated heterocycles. The van der Waals surface area contributed by atoms with Gasteiger partial charge in [0.1, 0.15) is 19.3 Å². The van der Waals surface area contributed by atoms with Crippen LogP contribution in [-0.2, 0) is 65.4 Å². The van der Waals surface area contributed by atoms with Crippen LogP contribution in [-0.4, -0.2) is 96.7 Å². The van der Waals surface area contributed by atoms with Crippen LogP contribution < -0.4 is 0 Å². The topological polar surface area (TPSA) is 237 Å². The second kappa shape index (κ2) is 64.7. The average molecular weight is 1370 g/mol. The van der Waals surface area contributed by atoms with Crippen molar-refractivity contribution in [2.24, 2.45) is 17.8 Å². The molecule has 0 aliphatic rings. The van der Waals surface area contributed by atoms with Crippen LogP contribution in [0.4, 0.5) is 0 Å². The number of hydrogen-bond donors (Lipinski definition) is 3. The van der Waals surface area contributed by atoms with Crippen molar-refractivity contribution >= 4 is 39.5 Å². The zero-order valence-electron chi connectivity index (χ0n) is 60.7. The maximum Gasteiger partial charge on any atom is 0.472 e. The predicted octanol–water partition coefficient (Wildman–Crippen LogP) is 21.4. The van der Waals surface area contributed by atoms with Gasteiger partial charge < -0.3 is 33.8 Å². The van der Waals surface area contributed by atoms with Gasteiger partial charge in [0.2, 0.25) is 0 Å². The molecular formula is C74H144O17P2.